The van der Waals surface area contributed by atoms with Crippen LogP contribution in [0.1, 0.15) is 10.5 Å². The number of rotatable bonds is 4. The standard InChI is InChI=1S/C25H17N5OS/c31-24(23-14-32-25(29-23)15-5-2-1-3-6-15)28-21-11-16(12-22-19(21)13-27-30-22)17-7-4-8-20-18(17)9-10-26-20/h1-14,26H,(H,27,30)(H,28,31). The van der Waals surface area contributed by atoms with E-state index in [1.807, 2.05) is 54.7 Å². The topological polar surface area (TPSA) is 86.5 Å². The summed E-state index contributed by atoms with van der Waals surface area (Å²) in [7, 11) is 0. The first-order valence-electron chi connectivity index (χ1n) is 10.1. The molecule has 3 N–H and O–H groups in total. The Kier molecular flexibility index (Phi) is 4.33. The molecule has 1 amide bonds. The van der Waals surface area contributed by atoms with E-state index in [0.717, 1.165) is 43.5 Å². The third kappa shape index (κ3) is 3.16. The third-order valence-electron chi connectivity index (χ3n) is 5.47. The second-order valence-corrected chi connectivity index (χ2v) is 8.32. The second kappa shape index (κ2) is 7.47. The number of anilines is 1. The Morgan fingerprint density at radius 1 is 0.906 bits per heavy atom. The first-order chi connectivity index (χ1) is 15.8. The molecule has 7 heteroatoms. The van der Waals surface area contributed by atoms with Crippen molar-refractivity contribution in [2.45, 2.75) is 0 Å². The van der Waals surface area contributed by atoms with E-state index >= 15 is 0 Å². The SMILES string of the molecule is O=C(Nc1cc(-c2cccc3[nH]ccc23)cc2[nH]ncc12)c1csc(-c2ccccc2)n1. The van der Waals surface area contributed by atoms with Crippen LogP contribution in [0, 0.1) is 0 Å². The van der Waals surface area contributed by atoms with Crippen LogP contribution in [0.3, 0.4) is 0 Å². The molecule has 0 bridgehead atoms. The molecule has 154 valence electrons. The fraction of sp³-hybridized carbons (Fsp3) is 0. The normalized spacial score (nSPS) is 11.2. The highest BCUT2D eigenvalue weighted by Crippen LogP contribution is 2.34. The van der Waals surface area contributed by atoms with Crippen molar-refractivity contribution >= 4 is 44.7 Å². The van der Waals surface area contributed by atoms with Crippen LogP contribution in [0.5, 0.6) is 0 Å². The van der Waals surface area contributed by atoms with Gasteiger partial charge >= 0.3 is 0 Å². The number of carbonyl (C=O) groups is 1. The minimum absolute atomic E-state index is 0.247. The molecular formula is C25H17N5OS. The molecule has 6 aromatic rings. The maximum atomic E-state index is 13.0. The van der Waals surface area contributed by atoms with Gasteiger partial charge in [0.2, 0.25) is 0 Å². The van der Waals surface area contributed by atoms with Crippen molar-refractivity contribution in [3.8, 4) is 21.7 Å². The zero-order chi connectivity index (χ0) is 21.5. The summed E-state index contributed by atoms with van der Waals surface area (Å²) in [5.41, 5.74) is 6.07. The van der Waals surface area contributed by atoms with Crippen LogP contribution in [-0.4, -0.2) is 26.1 Å². The van der Waals surface area contributed by atoms with Gasteiger partial charge in [0, 0.05) is 33.4 Å². The zero-order valence-corrected chi connectivity index (χ0v) is 17.6. The summed E-state index contributed by atoms with van der Waals surface area (Å²) < 4.78 is 0. The van der Waals surface area contributed by atoms with Gasteiger partial charge in [-0.15, -0.1) is 11.3 Å². The molecule has 0 aliphatic heterocycles. The number of fused-ring (bicyclic) bond motifs is 2. The van der Waals surface area contributed by atoms with Gasteiger partial charge in [0.05, 0.1) is 17.4 Å². The third-order valence-corrected chi connectivity index (χ3v) is 6.36. The fourth-order valence-electron chi connectivity index (χ4n) is 3.92. The average Bonchev–Trinajstić information content (AvgIpc) is 3.59. The fourth-order valence-corrected chi connectivity index (χ4v) is 4.73. The van der Waals surface area contributed by atoms with Crippen LogP contribution < -0.4 is 5.32 Å². The Hall–Kier alpha value is -4.23. The lowest BCUT2D eigenvalue weighted by molar-refractivity contribution is 0.102. The number of hydrogen-bond acceptors (Lipinski definition) is 4. The van der Waals surface area contributed by atoms with Gasteiger partial charge in [0.15, 0.2) is 0 Å². The van der Waals surface area contributed by atoms with Crippen molar-refractivity contribution in [1.82, 2.24) is 20.2 Å². The Balaban J connectivity index is 1.38. The monoisotopic (exact) mass is 435 g/mol. The van der Waals surface area contributed by atoms with Crippen LogP contribution >= 0.6 is 11.3 Å². The van der Waals surface area contributed by atoms with E-state index in [4.69, 9.17) is 0 Å². The summed E-state index contributed by atoms with van der Waals surface area (Å²) in [4.78, 5) is 20.8. The molecule has 3 aromatic carbocycles. The second-order valence-electron chi connectivity index (χ2n) is 7.46. The quantitative estimate of drug-likeness (QED) is 0.313. The molecule has 0 aliphatic carbocycles. The van der Waals surface area contributed by atoms with Crippen molar-refractivity contribution in [3.05, 3.63) is 90.2 Å². The van der Waals surface area contributed by atoms with Crippen LogP contribution in [0.25, 0.3) is 43.5 Å². The maximum Gasteiger partial charge on any atom is 0.275 e. The molecule has 3 aromatic heterocycles. The van der Waals surface area contributed by atoms with Crippen molar-refractivity contribution in [2.75, 3.05) is 5.32 Å². The number of carbonyl (C=O) groups excluding carboxylic acids is 1. The van der Waals surface area contributed by atoms with Gasteiger partial charge in [-0.3, -0.25) is 9.89 Å². The predicted octanol–water partition coefficient (Wildman–Crippen LogP) is 6.09. The van der Waals surface area contributed by atoms with E-state index in [1.54, 1.807) is 11.6 Å². The number of thiazole rings is 1. The number of aromatic amines is 2. The van der Waals surface area contributed by atoms with E-state index in [-0.39, 0.29) is 5.91 Å². The number of nitrogens with one attached hydrogen (secondary N) is 3. The van der Waals surface area contributed by atoms with Crippen molar-refractivity contribution in [1.29, 1.82) is 0 Å². The van der Waals surface area contributed by atoms with Gasteiger partial charge < -0.3 is 10.3 Å². The Morgan fingerprint density at radius 2 is 1.81 bits per heavy atom. The number of hydrogen-bond donors (Lipinski definition) is 3. The number of amides is 1. The van der Waals surface area contributed by atoms with E-state index in [9.17, 15) is 4.79 Å². The van der Waals surface area contributed by atoms with Gasteiger partial charge in [0.1, 0.15) is 10.7 Å². The Labute approximate surface area is 187 Å². The summed E-state index contributed by atoms with van der Waals surface area (Å²) >= 11 is 1.46. The number of aromatic nitrogens is 4. The van der Waals surface area contributed by atoms with Gasteiger partial charge in [-0.1, -0.05) is 42.5 Å². The summed E-state index contributed by atoms with van der Waals surface area (Å²) in [6, 6.07) is 22.1. The molecule has 3 heterocycles. The summed E-state index contributed by atoms with van der Waals surface area (Å²) in [6.45, 7) is 0. The van der Waals surface area contributed by atoms with Crippen LogP contribution in [0.4, 0.5) is 5.69 Å². The first kappa shape index (κ1) is 18.5. The number of H-pyrrole nitrogens is 2. The molecule has 0 atom stereocenters. The number of benzene rings is 3. The smallest absolute Gasteiger partial charge is 0.275 e. The molecule has 0 fully saturated rings. The van der Waals surface area contributed by atoms with Crippen molar-refractivity contribution < 1.29 is 4.79 Å². The molecule has 0 unspecified atom stereocenters. The molecule has 6 nitrogen and oxygen atoms in total. The van der Waals surface area contributed by atoms with Crippen LogP contribution in [0.2, 0.25) is 0 Å². The van der Waals surface area contributed by atoms with Gasteiger partial charge in [-0.2, -0.15) is 5.10 Å². The molecule has 0 spiro atoms. The lowest BCUT2D eigenvalue weighted by Gasteiger charge is -2.10. The molecule has 32 heavy (non-hydrogen) atoms. The zero-order valence-electron chi connectivity index (χ0n) is 16.8. The highest BCUT2D eigenvalue weighted by molar-refractivity contribution is 7.13. The summed E-state index contributed by atoms with van der Waals surface area (Å²) in [5.74, 6) is -0.247. The largest absolute Gasteiger partial charge is 0.361 e. The molecule has 0 radical (unpaired) electrons. The minimum Gasteiger partial charge on any atom is -0.361 e. The average molecular weight is 436 g/mol. The highest BCUT2D eigenvalue weighted by Gasteiger charge is 2.16. The first-order valence-corrected chi connectivity index (χ1v) is 11.0. The molecule has 0 saturated heterocycles. The van der Waals surface area contributed by atoms with E-state index < -0.39 is 0 Å². The maximum absolute atomic E-state index is 13.0. The summed E-state index contributed by atoms with van der Waals surface area (Å²) in [6.07, 6.45) is 3.65. The lowest BCUT2D eigenvalue weighted by Crippen LogP contribution is -2.12. The van der Waals surface area contributed by atoms with E-state index in [2.05, 4.69) is 43.7 Å². The Bertz CT molecular complexity index is 1580. The van der Waals surface area contributed by atoms with Crippen LogP contribution in [0.15, 0.2) is 84.5 Å². The lowest BCUT2D eigenvalue weighted by atomic mass is 9.99. The van der Waals surface area contributed by atoms with Gasteiger partial charge in [0.25, 0.3) is 5.91 Å². The van der Waals surface area contributed by atoms with E-state index in [0.29, 0.717) is 11.4 Å². The van der Waals surface area contributed by atoms with Crippen LogP contribution in [-0.2, 0) is 0 Å². The highest BCUT2D eigenvalue weighted by atomic mass is 32.1. The predicted molar refractivity (Wildman–Crippen MR) is 129 cm³/mol. The molecular weight excluding hydrogens is 418 g/mol. The minimum atomic E-state index is -0.247. The molecule has 6 rings (SSSR count). The molecule has 0 saturated carbocycles. The van der Waals surface area contributed by atoms with Crippen molar-refractivity contribution in [3.63, 3.8) is 0 Å². The number of nitrogens with zero attached hydrogens (tertiary/aromatic N) is 2. The molecule has 0 aliphatic rings. The summed E-state index contributed by atoms with van der Waals surface area (Å²) in [5, 5.41) is 14.8. The Morgan fingerprint density at radius 3 is 2.72 bits per heavy atom. The van der Waals surface area contributed by atoms with Gasteiger partial charge in [-0.25, -0.2) is 4.98 Å². The van der Waals surface area contributed by atoms with Crippen molar-refractivity contribution in [2.24, 2.45) is 0 Å². The van der Waals surface area contributed by atoms with Gasteiger partial charge in [-0.05, 0) is 35.4 Å². The van der Waals surface area contributed by atoms with E-state index in [1.165, 1.54) is 11.3 Å².